The van der Waals surface area contributed by atoms with Crippen molar-refractivity contribution in [1.29, 1.82) is 0 Å². The first-order valence-electron chi connectivity index (χ1n) is 6.89. The van der Waals surface area contributed by atoms with Gasteiger partial charge < -0.3 is 14.6 Å². The lowest BCUT2D eigenvalue weighted by atomic mass is 10.1. The zero-order valence-corrected chi connectivity index (χ0v) is 12.4. The molecule has 0 bridgehead atoms. The van der Waals surface area contributed by atoms with Gasteiger partial charge in [0.1, 0.15) is 11.4 Å². The zero-order chi connectivity index (χ0) is 14.9. The summed E-state index contributed by atoms with van der Waals surface area (Å²) in [6.07, 6.45) is 0.895. The topological polar surface area (TPSA) is 75.3 Å². The van der Waals surface area contributed by atoms with Crippen LogP contribution in [-0.4, -0.2) is 33.1 Å². The van der Waals surface area contributed by atoms with Crippen molar-refractivity contribution in [2.45, 2.75) is 52.7 Å². The van der Waals surface area contributed by atoms with Crippen molar-refractivity contribution < 1.29 is 9.53 Å². The van der Waals surface area contributed by atoms with E-state index in [0.29, 0.717) is 30.8 Å². The quantitative estimate of drug-likeness (QED) is 0.847. The Labute approximate surface area is 118 Å². The Balaban J connectivity index is 2.19. The van der Waals surface area contributed by atoms with Crippen LogP contribution in [-0.2, 0) is 24.1 Å². The Hall–Kier alpha value is -1.85. The van der Waals surface area contributed by atoms with Crippen molar-refractivity contribution in [1.82, 2.24) is 14.9 Å². The highest BCUT2D eigenvalue weighted by atomic mass is 16.6. The minimum atomic E-state index is -0.534. The summed E-state index contributed by atoms with van der Waals surface area (Å²) in [4.78, 5) is 32.8. The largest absolute Gasteiger partial charge is 0.444 e. The molecule has 2 heterocycles. The molecular formula is C14H21N3O3. The Morgan fingerprint density at radius 2 is 2.15 bits per heavy atom. The summed E-state index contributed by atoms with van der Waals surface area (Å²) in [5.74, 6) is 0.694. The maximum absolute atomic E-state index is 12.0. The summed E-state index contributed by atoms with van der Waals surface area (Å²) in [7, 11) is 0. The van der Waals surface area contributed by atoms with Crippen molar-refractivity contribution >= 4 is 6.09 Å². The van der Waals surface area contributed by atoms with Crippen LogP contribution in [0.3, 0.4) is 0 Å². The maximum atomic E-state index is 12.0. The number of carbonyl (C=O) groups excluding carboxylic acids is 1. The van der Waals surface area contributed by atoms with E-state index in [1.807, 2.05) is 27.7 Å². The molecular weight excluding hydrogens is 258 g/mol. The van der Waals surface area contributed by atoms with Crippen LogP contribution in [0.25, 0.3) is 0 Å². The van der Waals surface area contributed by atoms with Crippen LogP contribution in [0.1, 0.15) is 44.8 Å². The smallest absolute Gasteiger partial charge is 0.410 e. The third-order valence-corrected chi connectivity index (χ3v) is 3.10. The summed E-state index contributed by atoms with van der Waals surface area (Å²) in [5.41, 5.74) is 0.679. The maximum Gasteiger partial charge on any atom is 0.410 e. The molecule has 1 amide bonds. The number of nitrogens with zero attached hydrogens (tertiary/aromatic N) is 2. The molecule has 2 rings (SSSR count). The minimum absolute atomic E-state index is 0.153. The highest BCUT2D eigenvalue weighted by Gasteiger charge is 2.27. The second-order valence-corrected chi connectivity index (χ2v) is 5.94. The molecule has 1 N–H and O–H groups in total. The standard InChI is InChI=1S/C14H21N3O3/c1-5-11-15-10-6-7-17(8-9(10)12(18)16-11)13(19)20-14(2,3)4/h5-8H2,1-4H3,(H,15,16,18). The summed E-state index contributed by atoms with van der Waals surface area (Å²) >= 11 is 0. The number of aromatic nitrogens is 2. The summed E-state index contributed by atoms with van der Waals surface area (Å²) in [6.45, 7) is 8.21. The summed E-state index contributed by atoms with van der Waals surface area (Å²) < 4.78 is 5.33. The SMILES string of the molecule is CCc1nc2c(c(=O)[nH]1)CN(C(=O)OC(C)(C)C)CC2. The number of fused-ring (bicyclic) bond motifs is 1. The van der Waals surface area contributed by atoms with Crippen molar-refractivity contribution in [2.75, 3.05) is 6.54 Å². The summed E-state index contributed by atoms with van der Waals surface area (Å²) in [6, 6.07) is 0. The Bertz CT molecular complexity index is 572. The van der Waals surface area contributed by atoms with E-state index in [1.54, 1.807) is 4.90 Å². The molecule has 1 aliphatic rings. The molecule has 110 valence electrons. The molecule has 0 fully saturated rings. The second-order valence-electron chi connectivity index (χ2n) is 5.94. The number of carbonyl (C=O) groups is 1. The molecule has 1 aromatic rings. The molecule has 0 spiro atoms. The highest BCUT2D eigenvalue weighted by molar-refractivity contribution is 5.68. The van der Waals surface area contributed by atoms with Crippen molar-refractivity contribution in [3.8, 4) is 0 Å². The van der Waals surface area contributed by atoms with Crippen LogP contribution in [0, 0.1) is 0 Å². The van der Waals surface area contributed by atoms with Gasteiger partial charge >= 0.3 is 6.09 Å². The van der Waals surface area contributed by atoms with Gasteiger partial charge in [-0.25, -0.2) is 9.78 Å². The zero-order valence-electron chi connectivity index (χ0n) is 12.4. The second kappa shape index (κ2) is 5.26. The van der Waals surface area contributed by atoms with Gasteiger partial charge in [-0.1, -0.05) is 6.92 Å². The molecule has 1 aromatic heterocycles. The number of hydrogen-bond acceptors (Lipinski definition) is 4. The number of aromatic amines is 1. The Morgan fingerprint density at radius 3 is 2.75 bits per heavy atom. The number of ether oxygens (including phenoxy) is 1. The van der Waals surface area contributed by atoms with Gasteiger partial charge in [0, 0.05) is 19.4 Å². The fourth-order valence-electron chi connectivity index (χ4n) is 2.13. The molecule has 0 unspecified atom stereocenters. The number of aryl methyl sites for hydroxylation is 1. The van der Waals surface area contributed by atoms with Gasteiger partial charge in [-0.05, 0) is 20.8 Å². The molecule has 0 aliphatic carbocycles. The van der Waals surface area contributed by atoms with E-state index in [-0.39, 0.29) is 18.2 Å². The van der Waals surface area contributed by atoms with Gasteiger partial charge in [0.05, 0.1) is 17.8 Å². The van der Waals surface area contributed by atoms with Gasteiger partial charge in [-0.2, -0.15) is 0 Å². The van der Waals surface area contributed by atoms with Gasteiger partial charge in [0.25, 0.3) is 5.56 Å². The lowest BCUT2D eigenvalue weighted by Crippen LogP contribution is -2.42. The average Bonchev–Trinajstić information content (AvgIpc) is 2.36. The van der Waals surface area contributed by atoms with E-state index in [2.05, 4.69) is 9.97 Å². The van der Waals surface area contributed by atoms with Crippen molar-refractivity contribution in [3.05, 3.63) is 27.4 Å². The lowest BCUT2D eigenvalue weighted by Gasteiger charge is -2.30. The molecule has 0 saturated carbocycles. The fourth-order valence-corrected chi connectivity index (χ4v) is 2.13. The molecule has 6 heteroatoms. The van der Waals surface area contributed by atoms with Crippen LogP contribution < -0.4 is 5.56 Å². The average molecular weight is 279 g/mol. The Kier molecular flexibility index (Phi) is 3.83. The van der Waals surface area contributed by atoms with Crippen LogP contribution in [0.5, 0.6) is 0 Å². The van der Waals surface area contributed by atoms with Gasteiger partial charge in [-0.15, -0.1) is 0 Å². The monoisotopic (exact) mass is 279 g/mol. The van der Waals surface area contributed by atoms with Crippen LogP contribution in [0.4, 0.5) is 4.79 Å². The third-order valence-electron chi connectivity index (χ3n) is 3.10. The first-order chi connectivity index (χ1) is 9.30. The van der Waals surface area contributed by atoms with E-state index in [0.717, 1.165) is 5.69 Å². The number of H-pyrrole nitrogens is 1. The first kappa shape index (κ1) is 14.6. The van der Waals surface area contributed by atoms with E-state index < -0.39 is 5.60 Å². The third kappa shape index (κ3) is 3.18. The first-order valence-corrected chi connectivity index (χ1v) is 6.89. The number of nitrogens with one attached hydrogen (secondary N) is 1. The van der Waals surface area contributed by atoms with Gasteiger partial charge in [0.2, 0.25) is 0 Å². The van der Waals surface area contributed by atoms with Crippen LogP contribution in [0.15, 0.2) is 4.79 Å². The molecule has 20 heavy (non-hydrogen) atoms. The molecule has 1 aliphatic heterocycles. The predicted octanol–water partition coefficient (Wildman–Crippen LogP) is 1.63. The summed E-state index contributed by atoms with van der Waals surface area (Å²) in [5, 5.41) is 0. The van der Waals surface area contributed by atoms with Crippen molar-refractivity contribution in [2.24, 2.45) is 0 Å². The normalized spacial score (nSPS) is 14.9. The molecule has 0 radical (unpaired) electrons. The molecule has 0 aromatic carbocycles. The van der Waals surface area contributed by atoms with Crippen LogP contribution >= 0.6 is 0 Å². The minimum Gasteiger partial charge on any atom is -0.444 e. The number of amides is 1. The fraction of sp³-hybridized carbons (Fsp3) is 0.643. The highest BCUT2D eigenvalue weighted by Crippen LogP contribution is 2.17. The molecule has 6 nitrogen and oxygen atoms in total. The van der Waals surface area contributed by atoms with E-state index >= 15 is 0 Å². The van der Waals surface area contributed by atoms with Crippen molar-refractivity contribution in [3.63, 3.8) is 0 Å². The van der Waals surface area contributed by atoms with E-state index in [9.17, 15) is 9.59 Å². The van der Waals surface area contributed by atoms with Gasteiger partial charge in [-0.3, -0.25) is 4.79 Å². The van der Waals surface area contributed by atoms with E-state index in [4.69, 9.17) is 4.74 Å². The Morgan fingerprint density at radius 1 is 1.45 bits per heavy atom. The number of hydrogen-bond donors (Lipinski definition) is 1. The van der Waals surface area contributed by atoms with E-state index in [1.165, 1.54) is 0 Å². The van der Waals surface area contributed by atoms with Gasteiger partial charge in [0.15, 0.2) is 0 Å². The lowest BCUT2D eigenvalue weighted by molar-refractivity contribution is 0.0221. The number of rotatable bonds is 1. The molecule has 0 saturated heterocycles. The van der Waals surface area contributed by atoms with Crippen LogP contribution in [0.2, 0.25) is 0 Å². The predicted molar refractivity (Wildman–Crippen MR) is 74.6 cm³/mol. The molecule has 0 atom stereocenters.